The smallest absolute Gasteiger partial charge is 0.339 e. The van der Waals surface area contributed by atoms with Crippen LogP contribution in [0.2, 0.25) is 0 Å². The number of carbonyl (C=O) groups excluding carboxylic acids is 3. The number of nitrogens with zero attached hydrogens (tertiary/aromatic N) is 5. The molecule has 0 aromatic carbocycles. The van der Waals surface area contributed by atoms with Crippen LogP contribution < -0.4 is 10.6 Å². The summed E-state index contributed by atoms with van der Waals surface area (Å²) in [5.41, 5.74) is 0.366. The molecule has 2 aliphatic carbocycles. The van der Waals surface area contributed by atoms with Gasteiger partial charge < -0.3 is 15.5 Å². The lowest BCUT2D eigenvalue weighted by Gasteiger charge is -2.27. The van der Waals surface area contributed by atoms with Crippen molar-refractivity contribution in [2.45, 2.75) is 64.3 Å². The number of amides is 3. The number of rotatable bonds is 11. The van der Waals surface area contributed by atoms with Gasteiger partial charge in [-0.2, -0.15) is 23.4 Å². The van der Waals surface area contributed by atoms with Crippen LogP contribution in [-0.2, 0) is 16.1 Å². The summed E-state index contributed by atoms with van der Waals surface area (Å²) in [4.78, 5) is 39.6. The summed E-state index contributed by atoms with van der Waals surface area (Å²) in [6, 6.07) is 1.29. The van der Waals surface area contributed by atoms with E-state index in [4.69, 9.17) is 0 Å². The number of aryl methyl sites for hydroxylation is 1. The van der Waals surface area contributed by atoms with Gasteiger partial charge in [-0.3, -0.25) is 23.7 Å². The number of nitrogens with one attached hydrogen (secondary N) is 2. The maximum absolute atomic E-state index is 13.5. The van der Waals surface area contributed by atoms with Crippen molar-refractivity contribution in [3.63, 3.8) is 0 Å². The summed E-state index contributed by atoms with van der Waals surface area (Å²) < 4.78 is 40.8. The molecular weight excluding hydrogens is 491 g/mol. The van der Waals surface area contributed by atoms with Crippen molar-refractivity contribution in [2.24, 2.45) is 17.8 Å². The summed E-state index contributed by atoms with van der Waals surface area (Å²) in [7, 11) is 1.08. The SMILES string of the molecule is CCn1nccc1C(=O)N[C@H](C(=O)Nc1ccn(C(C)C(=O)N(C)CC(F)(F)F)n1)C(C1CC1)C1CC1. The van der Waals surface area contributed by atoms with Crippen LogP contribution in [0.5, 0.6) is 0 Å². The molecule has 0 saturated heterocycles. The van der Waals surface area contributed by atoms with Crippen LogP contribution in [0.3, 0.4) is 0 Å². The zero-order valence-electron chi connectivity index (χ0n) is 21.0. The summed E-state index contributed by atoms with van der Waals surface area (Å²) >= 11 is 0. The lowest BCUT2D eigenvalue weighted by atomic mass is 9.88. The summed E-state index contributed by atoms with van der Waals surface area (Å²) in [6.45, 7) is 2.44. The fourth-order valence-electron chi connectivity index (χ4n) is 4.82. The van der Waals surface area contributed by atoms with Gasteiger partial charge in [-0.15, -0.1) is 0 Å². The first kappa shape index (κ1) is 26.7. The van der Waals surface area contributed by atoms with E-state index in [9.17, 15) is 27.6 Å². The minimum atomic E-state index is -4.51. The first-order valence-corrected chi connectivity index (χ1v) is 12.5. The van der Waals surface area contributed by atoms with Crippen molar-refractivity contribution in [1.29, 1.82) is 0 Å². The molecule has 2 N–H and O–H groups in total. The summed E-state index contributed by atoms with van der Waals surface area (Å²) in [5.74, 6) is -0.704. The molecule has 10 nitrogen and oxygen atoms in total. The van der Waals surface area contributed by atoms with Crippen LogP contribution in [0.25, 0.3) is 0 Å². The van der Waals surface area contributed by atoms with Gasteiger partial charge in [-0.25, -0.2) is 0 Å². The average Bonchev–Trinajstić information content (AvgIpc) is 3.76. The Morgan fingerprint density at radius 2 is 1.81 bits per heavy atom. The van der Waals surface area contributed by atoms with E-state index in [1.165, 1.54) is 30.1 Å². The minimum absolute atomic E-state index is 0.000512. The third kappa shape index (κ3) is 6.50. The Bertz CT molecular complexity index is 1120. The molecule has 2 aromatic rings. The number of halogens is 3. The number of carbonyl (C=O) groups is 3. The molecule has 2 atom stereocenters. The van der Waals surface area contributed by atoms with Crippen molar-refractivity contribution < 1.29 is 27.6 Å². The molecule has 0 radical (unpaired) electrons. The Hall–Kier alpha value is -3.38. The average molecular weight is 524 g/mol. The predicted molar refractivity (Wildman–Crippen MR) is 127 cm³/mol. The van der Waals surface area contributed by atoms with E-state index in [1.807, 2.05) is 6.92 Å². The quantitative estimate of drug-likeness (QED) is 0.470. The molecule has 3 amide bonds. The molecule has 0 bridgehead atoms. The molecule has 2 aromatic heterocycles. The van der Waals surface area contributed by atoms with E-state index in [2.05, 4.69) is 20.8 Å². The number of aromatic nitrogens is 4. The number of likely N-dealkylation sites (N-methyl/N-ethyl adjacent to an activating group) is 1. The van der Waals surface area contributed by atoms with E-state index >= 15 is 0 Å². The highest BCUT2D eigenvalue weighted by Crippen LogP contribution is 2.50. The number of hydrogen-bond acceptors (Lipinski definition) is 5. The molecular formula is C24H32F3N7O3. The predicted octanol–water partition coefficient (Wildman–Crippen LogP) is 2.85. The van der Waals surface area contributed by atoms with Crippen LogP contribution in [0.15, 0.2) is 24.5 Å². The third-order valence-electron chi connectivity index (χ3n) is 6.94. The largest absolute Gasteiger partial charge is 0.406 e. The van der Waals surface area contributed by atoms with Gasteiger partial charge in [0.15, 0.2) is 5.82 Å². The third-order valence-corrected chi connectivity index (χ3v) is 6.94. The Morgan fingerprint density at radius 3 is 2.38 bits per heavy atom. The number of anilines is 1. The second kappa shape index (κ2) is 10.5. The van der Waals surface area contributed by atoms with E-state index in [0.717, 1.165) is 32.7 Å². The lowest BCUT2D eigenvalue weighted by Crippen LogP contribution is -2.50. The molecule has 2 aliphatic rings. The summed E-state index contributed by atoms with van der Waals surface area (Å²) in [6.07, 6.45) is 2.48. The van der Waals surface area contributed by atoms with Gasteiger partial charge in [0.25, 0.3) is 5.91 Å². The fourth-order valence-corrected chi connectivity index (χ4v) is 4.82. The molecule has 4 rings (SSSR count). The topological polar surface area (TPSA) is 114 Å². The standard InChI is InChI=1S/C24H32F3N7O3/c1-4-33-17(9-11-28-33)21(35)30-20(19(15-5-6-15)16-7-8-16)22(36)29-18-10-12-34(31-18)14(2)23(37)32(3)13-24(25,26)27/h9-12,14-16,19-20H,4-8,13H2,1-3H3,(H,30,35)(H,29,31,36)/t14?,20-/m0/s1. The second-order valence-electron chi connectivity index (χ2n) is 9.89. The number of alkyl halides is 3. The van der Waals surface area contributed by atoms with Crippen molar-refractivity contribution >= 4 is 23.5 Å². The van der Waals surface area contributed by atoms with Crippen LogP contribution >= 0.6 is 0 Å². The minimum Gasteiger partial charge on any atom is -0.339 e. The molecule has 1 unspecified atom stereocenters. The van der Waals surface area contributed by atoms with Gasteiger partial charge in [0.2, 0.25) is 11.8 Å². The van der Waals surface area contributed by atoms with Gasteiger partial charge in [0, 0.05) is 32.1 Å². The monoisotopic (exact) mass is 523 g/mol. The molecule has 202 valence electrons. The normalized spacial score (nSPS) is 17.4. The van der Waals surface area contributed by atoms with Gasteiger partial charge >= 0.3 is 6.18 Å². The van der Waals surface area contributed by atoms with Crippen molar-refractivity contribution in [1.82, 2.24) is 29.8 Å². The van der Waals surface area contributed by atoms with E-state index in [0.29, 0.717) is 29.0 Å². The molecule has 2 fully saturated rings. The van der Waals surface area contributed by atoms with Gasteiger partial charge in [0.1, 0.15) is 24.3 Å². The zero-order valence-corrected chi connectivity index (χ0v) is 21.0. The van der Waals surface area contributed by atoms with Crippen molar-refractivity contribution in [3.05, 3.63) is 30.2 Å². The molecule has 2 saturated carbocycles. The summed E-state index contributed by atoms with van der Waals surface area (Å²) in [5, 5.41) is 14.0. The second-order valence-corrected chi connectivity index (χ2v) is 9.89. The van der Waals surface area contributed by atoms with E-state index in [-0.39, 0.29) is 17.6 Å². The Labute approximate surface area is 212 Å². The molecule has 37 heavy (non-hydrogen) atoms. The lowest BCUT2D eigenvalue weighted by molar-refractivity contribution is -0.160. The first-order valence-electron chi connectivity index (χ1n) is 12.5. The van der Waals surface area contributed by atoms with Crippen LogP contribution in [0.4, 0.5) is 19.0 Å². The van der Waals surface area contributed by atoms with E-state index in [1.54, 1.807) is 10.7 Å². The number of hydrogen-bond donors (Lipinski definition) is 2. The van der Waals surface area contributed by atoms with E-state index < -0.39 is 36.6 Å². The zero-order chi connectivity index (χ0) is 26.9. The van der Waals surface area contributed by atoms with Gasteiger partial charge in [-0.1, -0.05) is 0 Å². The van der Waals surface area contributed by atoms with Crippen molar-refractivity contribution in [3.8, 4) is 0 Å². The maximum Gasteiger partial charge on any atom is 0.406 e. The first-order chi connectivity index (χ1) is 17.5. The van der Waals surface area contributed by atoms with Crippen LogP contribution in [0, 0.1) is 17.8 Å². The Kier molecular flexibility index (Phi) is 7.60. The Balaban J connectivity index is 1.47. The molecule has 2 heterocycles. The fraction of sp³-hybridized carbons (Fsp3) is 0.625. The van der Waals surface area contributed by atoms with Gasteiger partial charge in [0.05, 0.1) is 0 Å². The van der Waals surface area contributed by atoms with Crippen molar-refractivity contribution in [2.75, 3.05) is 18.9 Å². The highest BCUT2D eigenvalue weighted by molar-refractivity contribution is 6.00. The van der Waals surface area contributed by atoms with Crippen LogP contribution in [-0.4, -0.2) is 68.0 Å². The molecule has 0 aliphatic heterocycles. The highest BCUT2D eigenvalue weighted by Gasteiger charge is 2.48. The Morgan fingerprint density at radius 1 is 1.16 bits per heavy atom. The molecule has 0 spiro atoms. The highest BCUT2D eigenvalue weighted by atomic mass is 19.4. The van der Waals surface area contributed by atoms with Gasteiger partial charge in [-0.05, 0) is 63.4 Å². The maximum atomic E-state index is 13.5. The van der Waals surface area contributed by atoms with Crippen LogP contribution in [0.1, 0.15) is 56.1 Å². The molecule has 13 heteroatoms.